The highest BCUT2D eigenvalue weighted by Crippen LogP contribution is 2.36. The van der Waals surface area contributed by atoms with E-state index in [0.717, 1.165) is 45.3 Å². The van der Waals surface area contributed by atoms with Crippen LogP contribution in [0.2, 0.25) is 5.02 Å². The fraction of sp³-hybridized carbons (Fsp3) is 0.519. The Bertz CT molecular complexity index is 1120. The lowest BCUT2D eigenvalue weighted by atomic mass is 9.72. The third kappa shape index (κ3) is 4.89. The number of carbonyl (C=O) groups excluding carboxylic acids is 2. The SMILES string of the molecule is CC(=O)N1CCC(Nc2cc(C(=O)N3CC[C@]4(Cc5ccccc5CN4)[C@H](C)C3)c(Cl)cn2)CC1. The maximum Gasteiger partial charge on any atom is 0.255 e. The van der Waals surface area contributed by atoms with E-state index in [-0.39, 0.29) is 23.4 Å². The van der Waals surface area contributed by atoms with E-state index in [9.17, 15) is 9.59 Å². The van der Waals surface area contributed by atoms with Crippen LogP contribution in [0, 0.1) is 5.92 Å². The molecule has 0 radical (unpaired) electrons. The van der Waals surface area contributed by atoms with Crippen molar-refractivity contribution in [2.24, 2.45) is 5.92 Å². The number of hydrogen-bond donors (Lipinski definition) is 2. The highest BCUT2D eigenvalue weighted by molar-refractivity contribution is 6.33. The van der Waals surface area contributed by atoms with Gasteiger partial charge in [-0.2, -0.15) is 0 Å². The van der Waals surface area contributed by atoms with Crippen LogP contribution >= 0.6 is 11.6 Å². The van der Waals surface area contributed by atoms with Gasteiger partial charge in [0.05, 0.1) is 10.6 Å². The third-order valence-corrected chi connectivity index (χ3v) is 8.49. The first kappa shape index (κ1) is 24.1. The topological polar surface area (TPSA) is 77.6 Å². The molecule has 2 N–H and O–H groups in total. The van der Waals surface area contributed by atoms with Gasteiger partial charge in [-0.1, -0.05) is 42.8 Å². The fourth-order valence-electron chi connectivity index (χ4n) is 5.86. The molecule has 1 aromatic heterocycles. The zero-order chi connectivity index (χ0) is 24.6. The van der Waals surface area contributed by atoms with Gasteiger partial charge in [0.15, 0.2) is 0 Å². The lowest BCUT2D eigenvalue weighted by molar-refractivity contribution is -0.129. The van der Waals surface area contributed by atoms with E-state index in [1.54, 1.807) is 19.2 Å². The number of aromatic nitrogens is 1. The smallest absolute Gasteiger partial charge is 0.255 e. The average Bonchev–Trinajstić information content (AvgIpc) is 2.87. The molecule has 2 fully saturated rings. The number of nitrogens with zero attached hydrogens (tertiary/aromatic N) is 3. The van der Waals surface area contributed by atoms with Gasteiger partial charge in [0, 0.05) is 57.4 Å². The molecule has 5 rings (SSSR count). The lowest BCUT2D eigenvalue weighted by Gasteiger charge is -2.49. The number of piperidine rings is 2. The molecule has 0 saturated carbocycles. The summed E-state index contributed by atoms with van der Waals surface area (Å²) < 4.78 is 0. The van der Waals surface area contributed by atoms with Gasteiger partial charge in [-0.3, -0.25) is 9.59 Å². The summed E-state index contributed by atoms with van der Waals surface area (Å²) in [6, 6.07) is 10.6. The number of pyridine rings is 1. The van der Waals surface area contributed by atoms with Gasteiger partial charge in [-0.15, -0.1) is 0 Å². The Kier molecular flexibility index (Phi) is 6.73. The van der Waals surface area contributed by atoms with Gasteiger partial charge in [0.25, 0.3) is 5.91 Å². The molecule has 1 aromatic carbocycles. The number of benzene rings is 1. The van der Waals surface area contributed by atoms with Crippen LogP contribution in [0.15, 0.2) is 36.5 Å². The molecule has 2 amide bonds. The quantitative estimate of drug-likeness (QED) is 0.678. The largest absolute Gasteiger partial charge is 0.367 e. The van der Waals surface area contributed by atoms with E-state index < -0.39 is 0 Å². The van der Waals surface area contributed by atoms with Gasteiger partial charge in [-0.25, -0.2) is 4.98 Å². The van der Waals surface area contributed by atoms with Crippen LogP contribution in [0.1, 0.15) is 54.6 Å². The predicted molar refractivity (Wildman–Crippen MR) is 138 cm³/mol. The second-order valence-corrected chi connectivity index (χ2v) is 10.7. The summed E-state index contributed by atoms with van der Waals surface area (Å²) in [5, 5.41) is 7.63. The molecule has 186 valence electrons. The summed E-state index contributed by atoms with van der Waals surface area (Å²) in [4.78, 5) is 33.3. The highest BCUT2D eigenvalue weighted by Gasteiger charge is 2.43. The minimum atomic E-state index is -0.0373. The molecule has 2 saturated heterocycles. The van der Waals surface area contributed by atoms with Crippen molar-refractivity contribution in [2.45, 2.75) is 57.7 Å². The normalized spacial score (nSPS) is 24.8. The lowest BCUT2D eigenvalue weighted by Crippen LogP contribution is -2.62. The number of rotatable bonds is 3. The van der Waals surface area contributed by atoms with Crippen molar-refractivity contribution in [1.29, 1.82) is 0 Å². The molecule has 8 heteroatoms. The van der Waals surface area contributed by atoms with E-state index in [1.807, 2.05) is 9.80 Å². The Morgan fingerprint density at radius 2 is 1.89 bits per heavy atom. The van der Waals surface area contributed by atoms with Crippen LogP contribution in [-0.2, 0) is 17.8 Å². The van der Waals surface area contributed by atoms with Crippen LogP contribution in [0.25, 0.3) is 0 Å². The fourth-order valence-corrected chi connectivity index (χ4v) is 6.05. The minimum absolute atomic E-state index is 0.0224. The molecule has 7 nitrogen and oxygen atoms in total. The van der Waals surface area contributed by atoms with E-state index in [1.165, 1.54) is 11.1 Å². The first-order chi connectivity index (χ1) is 16.8. The molecule has 3 aliphatic heterocycles. The third-order valence-electron chi connectivity index (χ3n) is 8.19. The van der Waals surface area contributed by atoms with Crippen molar-refractivity contribution in [2.75, 3.05) is 31.5 Å². The number of halogens is 1. The number of fused-ring (bicyclic) bond motifs is 1. The van der Waals surface area contributed by atoms with Gasteiger partial charge in [0.1, 0.15) is 5.82 Å². The number of anilines is 1. The molecule has 35 heavy (non-hydrogen) atoms. The summed E-state index contributed by atoms with van der Waals surface area (Å²) in [5.74, 6) is 1.06. The first-order valence-electron chi connectivity index (χ1n) is 12.6. The molecule has 2 aromatic rings. The number of carbonyl (C=O) groups is 2. The zero-order valence-electron chi connectivity index (χ0n) is 20.5. The maximum atomic E-state index is 13.5. The number of hydrogen-bond acceptors (Lipinski definition) is 5. The number of nitrogens with one attached hydrogen (secondary N) is 2. The maximum absolute atomic E-state index is 13.5. The van der Waals surface area contributed by atoms with Crippen LogP contribution in [0.4, 0.5) is 5.82 Å². The highest BCUT2D eigenvalue weighted by atomic mass is 35.5. The van der Waals surface area contributed by atoms with Crippen molar-refractivity contribution in [3.8, 4) is 0 Å². The molecule has 1 spiro atoms. The second-order valence-electron chi connectivity index (χ2n) is 10.3. The Balaban J connectivity index is 1.24. The van der Waals surface area contributed by atoms with Gasteiger partial charge >= 0.3 is 0 Å². The molecule has 2 atom stereocenters. The van der Waals surface area contributed by atoms with Crippen molar-refractivity contribution < 1.29 is 9.59 Å². The Labute approximate surface area is 212 Å². The molecule has 0 unspecified atom stereocenters. The predicted octanol–water partition coefficient (Wildman–Crippen LogP) is 3.72. The van der Waals surface area contributed by atoms with Crippen LogP contribution in [0.5, 0.6) is 0 Å². The summed E-state index contributed by atoms with van der Waals surface area (Å²) in [5.41, 5.74) is 3.31. The summed E-state index contributed by atoms with van der Waals surface area (Å²) in [7, 11) is 0. The van der Waals surface area contributed by atoms with Crippen LogP contribution in [0.3, 0.4) is 0 Å². The number of likely N-dealkylation sites (tertiary alicyclic amines) is 2. The van der Waals surface area contributed by atoms with Crippen molar-refractivity contribution in [3.63, 3.8) is 0 Å². The Morgan fingerprint density at radius 1 is 1.14 bits per heavy atom. The summed E-state index contributed by atoms with van der Waals surface area (Å²) in [6.07, 6.45) is 5.19. The van der Waals surface area contributed by atoms with Crippen molar-refractivity contribution in [3.05, 3.63) is 58.2 Å². The monoisotopic (exact) mass is 495 g/mol. The molecule has 0 aliphatic carbocycles. The second kappa shape index (κ2) is 9.78. The molecule has 4 heterocycles. The van der Waals surface area contributed by atoms with E-state index in [0.29, 0.717) is 35.4 Å². The van der Waals surface area contributed by atoms with E-state index >= 15 is 0 Å². The summed E-state index contributed by atoms with van der Waals surface area (Å²) in [6.45, 7) is 7.59. The summed E-state index contributed by atoms with van der Waals surface area (Å²) >= 11 is 6.45. The van der Waals surface area contributed by atoms with Gasteiger partial charge < -0.3 is 20.4 Å². The molecule has 0 bridgehead atoms. The standard InChI is InChI=1S/C27H34ClN5O2/c1-18-17-33(12-9-27(18)14-20-5-3-4-6-21(20)15-30-27)26(35)23-13-25(29-16-24(23)28)31-22-7-10-32(11-8-22)19(2)34/h3-6,13,16,18,22,30H,7-12,14-15,17H2,1-2H3,(H,29,31)/t18-,27+/m1/s1. The van der Waals surface area contributed by atoms with Crippen molar-refractivity contribution in [1.82, 2.24) is 20.1 Å². The van der Waals surface area contributed by atoms with E-state index in [4.69, 9.17) is 11.6 Å². The van der Waals surface area contributed by atoms with E-state index in [2.05, 4.69) is 46.8 Å². The Morgan fingerprint density at radius 3 is 2.60 bits per heavy atom. The number of amides is 2. The van der Waals surface area contributed by atoms with Crippen molar-refractivity contribution >= 4 is 29.2 Å². The minimum Gasteiger partial charge on any atom is -0.367 e. The Hall–Kier alpha value is -2.64. The van der Waals surface area contributed by atoms with Crippen LogP contribution < -0.4 is 10.6 Å². The first-order valence-corrected chi connectivity index (χ1v) is 13.0. The zero-order valence-corrected chi connectivity index (χ0v) is 21.3. The molecular weight excluding hydrogens is 462 g/mol. The van der Waals surface area contributed by atoms with Gasteiger partial charge in [-0.05, 0) is 48.8 Å². The van der Waals surface area contributed by atoms with Gasteiger partial charge in [0.2, 0.25) is 5.91 Å². The molecule has 3 aliphatic rings. The molecular formula is C27H34ClN5O2. The van der Waals surface area contributed by atoms with Crippen LogP contribution in [-0.4, -0.2) is 64.4 Å². The average molecular weight is 496 g/mol.